The number of nitrogens with zero attached hydrogens (tertiary/aromatic N) is 1. The molecule has 0 saturated carbocycles. The highest BCUT2D eigenvalue weighted by Gasteiger charge is 2.24. The largest absolute Gasteiger partial charge is 0.335 e. The number of unbranched alkanes of at least 4 members (excludes halogenated alkanes) is 2. The Hall–Kier alpha value is -0.610. The third-order valence-corrected chi connectivity index (χ3v) is 4.59. The lowest BCUT2D eigenvalue weighted by Crippen LogP contribution is -2.19. The van der Waals surface area contributed by atoms with E-state index in [9.17, 15) is 4.39 Å². The number of benzene rings is 1. The second-order valence-corrected chi connectivity index (χ2v) is 6.14. The van der Waals surface area contributed by atoms with Crippen molar-refractivity contribution >= 4 is 30.1 Å². The van der Waals surface area contributed by atoms with Crippen LogP contribution in [0.1, 0.15) is 32.6 Å². The first-order valence-electron chi connectivity index (χ1n) is 6.82. The van der Waals surface area contributed by atoms with Crippen LogP contribution in [0.25, 0.3) is 0 Å². The van der Waals surface area contributed by atoms with E-state index in [0.717, 1.165) is 35.7 Å². The van der Waals surface area contributed by atoms with Gasteiger partial charge in [-0.05, 0) is 43.2 Å². The molecule has 1 heterocycles. The normalized spacial score (nSPS) is 16.2. The minimum Gasteiger partial charge on any atom is -0.335 e. The van der Waals surface area contributed by atoms with Gasteiger partial charge >= 0.3 is 0 Å². The molecule has 104 valence electrons. The number of hydrogen-bond acceptors (Lipinski definition) is 3. The quantitative estimate of drug-likeness (QED) is 0.575. The predicted octanol–water partition coefficient (Wildman–Crippen LogP) is 5.09. The van der Waals surface area contributed by atoms with Crippen LogP contribution in [0, 0.1) is 5.82 Å². The molecule has 0 aromatic heterocycles. The van der Waals surface area contributed by atoms with Crippen LogP contribution in [0.15, 0.2) is 34.2 Å². The number of rotatable bonds is 6. The van der Waals surface area contributed by atoms with Crippen molar-refractivity contribution in [3.05, 3.63) is 35.1 Å². The van der Waals surface area contributed by atoms with Crippen molar-refractivity contribution in [2.45, 2.75) is 37.5 Å². The number of thiol groups is 1. The Labute approximate surface area is 124 Å². The average molecular weight is 297 g/mol. The number of hydrogen-bond donors (Lipinski definition) is 1. The number of thioether (sulfide) groups is 1. The summed E-state index contributed by atoms with van der Waals surface area (Å²) >= 11 is 6.02. The van der Waals surface area contributed by atoms with E-state index in [4.69, 9.17) is 0 Å². The Balaban J connectivity index is 2.20. The molecule has 0 fully saturated rings. The van der Waals surface area contributed by atoms with E-state index in [1.54, 1.807) is 17.8 Å². The molecule has 1 aliphatic rings. The summed E-state index contributed by atoms with van der Waals surface area (Å²) in [7, 11) is 0. The van der Waals surface area contributed by atoms with Gasteiger partial charge in [-0.3, -0.25) is 0 Å². The zero-order chi connectivity index (χ0) is 13.7. The second kappa shape index (κ2) is 7.25. The van der Waals surface area contributed by atoms with E-state index < -0.39 is 0 Å². The van der Waals surface area contributed by atoms with Gasteiger partial charge < -0.3 is 4.90 Å². The van der Waals surface area contributed by atoms with Gasteiger partial charge in [-0.2, -0.15) is 12.6 Å². The Kier molecular flexibility index (Phi) is 5.64. The fourth-order valence-corrected chi connectivity index (χ4v) is 3.39. The first kappa shape index (κ1) is 14.8. The van der Waals surface area contributed by atoms with E-state index >= 15 is 0 Å². The van der Waals surface area contributed by atoms with Crippen LogP contribution in [-0.4, -0.2) is 12.3 Å². The average Bonchev–Trinajstić information content (AvgIpc) is 2.74. The van der Waals surface area contributed by atoms with Crippen molar-refractivity contribution in [2.75, 3.05) is 17.2 Å². The summed E-state index contributed by atoms with van der Waals surface area (Å²) in [5.74, 6) is 0.693. The molecule has 4 heteroatoms. The van der Waals surface area contributed by atoms with Crippen molar-refractivity contribution in [1.29, 1.82) is 0 Å². The van der Waals surface area contributed by atoms with Gasteiger partial charge in [-0.1, -0.05) is 31.2 Å². The first-order valence-corrected chi connectivity index (χ1v) is 8.27. The molecule has 1 aromatic rings. The minimum atomic E-state index is -0.162. The lowest BCUT2D eigenvalue weighted by atomic mass is 10.2. The smallest absolute Gasteiger partial charge is 0.125 e. The summed E-state index contributed by atoms with van der Waals surface area (Å²) in [5.41, 5.74) is 1.01. The van der Waals surface area contributed by atoms with Gasteiger partial charge in [0, 0.05) is 11.4 Å². The summed E-state index contributed by atoms with van der Waals surface area (Å²) in [6, 6.07) is 5.06. The highest BCUT2D eigenvalue weighted by atomic mass is 32.2. The summed E-state index contributed by atoms with van der Waals surface area (Å²) in [6.45, 7) is 3.11. The summed E-state index contributed by atoms with van der Waals surface area (Å²) in [5, 5.41) is 1.25. The van der Waals surface area contributed by atoms with E-state index in [2.05, 4.69) is 30.5 Å². The molecule has 0 amide bonds. The molecule has 0 N–H and O–H groups in total. The number of allylic oxidation sites excluding steroid dienone is 1. The Morgan fingerprint density at radius 3 is 2.95 bits per heavy atom. The van der Waals surface area contributed by atoms with Gasteiger partial charge in [-0.25, -0.2) is 4.39 Å². The maximum atomic E-state index is 13.4. The van der Waals surface area contributed by atoms with Crippen molar-refractivity contribution in [2.24, 2.45) is 0 Å². The molecule has 2 rings (SSSR count). The van der Waals surface area contributed by atoms with Crippen LogP contribution in [0.5, 0.6) is 0 Å². The van der Waals surface area contributed by atoms with Crippen LogP contribution in [-0.2, 0) is 0 Å². The molecule has 1 aliphatic heterocycles. The molecule has 0 spiro atoms. The predicted molar refractivity (Wildman–Crippen MR) is 85.7 cm³/mol. The molecule has 1 aromatic carbocycles. The van der Waals surface area contributed by atoms with Crippen LogP contribution >= 0.6 is 24.4 Å². The third kappa shape index (κ3) is 3.69. The molecule has 0 radical (unpaired) electrons. The zero-order valence-corrected chi connectivity index (χ0v) is 12.9. The fourth-order valence-electron chi connectivity index (χ4n) is 2.12. The van der Waals surface area contributed by atoms with E-state index in [0.29, 0.717) is 0 Å². The lowest BCUT2D eigenvalue weighted by Gasteiger charge is -2.20. The summed E-state index contributed by atoms with van der Waals surface area (Å²) in [6.07, 6.45) is 6.78. The summed E-state index contributed by atoms with van der Waals surface area (Å²) < 4.78 is 13.4. The summed E-state index contributed by atoms with van der Waals surface area (Å²) in [4.78, 5) is 3.39. The highest BCUT2D eigenvalue weighted by molar-refractivity contribution is 8.03. The number of fused-ring (bicyclic) bond motifs is 1. The van der Waals surface area contributed by atoms with Gasteiger partial charge in [0.1, 0.15) is 5.82 Å². The Morgan fingerprint density at radius 1 is 1.37 bits per heavy atom. The molecule has 0 saturated heterocycles. The second-order valence-electron chi connectivity index (χ2n) is 4.63. The molecule has 0 aliphatic carbocycles. The number of halogens is 1. The van der Waals surface area contributed by atoms with Crippen LogP contribution in [0.2, 0.25) is 0 Å². The van der Waals surface area contributed by atoms with Gasteiger partial charge in [0.05, 0.1) is 10.7 Å². The standard InChI is InChI=1S/C15H20FNS2/c1-2-3-4-6-15-17(9-5-10-18)13-11-12(16)7-8-14(13)19-15/h6-8,11,18H,2-5,9-10H2,1H3/b15-6-. The van der Waals surface area contributed by atoms with Gasteiger partial charge in [0.25, 0.3) is 0 Å². The maximum absolute atomic E-state index is 13.4. The molecule has 0 bridgehead atoms. The lowest BCUT2D eigenvalue weighted by molar-refractivity contribution is 0.626. The molecule has 0 atom stereocenters. The van der Waals surface area contributed by atoms with E-state index in [1.165, 1.54) is 23.9 Å². The molecular formula is C15H20FNS2. The van der Waals surface area contributed by atoms with Crippen LogP contribution in [0.3, 0.4) is 0 Å². The Morgan fingerprint density at radius 2 is 2.21 bits per heavy atom. The molecule has 1 nitrogen and oxygen atoms in total. The minimum absolute atomic E-state index is 0.162. The van der Waals surface area contributed by atoms with Crippen LogP contribution in [0.4, 0.5) is 10.1 Å². The van der Waals surface area contributed by atoms with Gasteiger partial charge in [0.15, 0.2) is 0 Å². The van der Waals surface area contributed by atoms with Crippen molar-refractivity contribution < 1.29 is 4.39 Å². The third-order valence-electron chi connectivity index (χ3n) is 3.11. The molecule has 0 unspecified atom stereocenters. The monoisotopic (exact) mass is 297 g/mol. The van der Waals surface area contributed by atoms with E-state index in [1.807, 2.05) is 6.07 Å². The van der Waals surface area contributed by atoms with Crippen LogP contribution < -0.4 is 4.90 Å². The topological polar surface area (TPSA) is 3.24 Å². The molecular weight excluding hydrogens is 277 g/mol. The Bertz CT molecular complexity index is 459. The van der Waals surface area contributed by atoms with Gasteiger partial charge in [0.2, 0.25) is 0 Å². The van der Waals surface area contributed by atoms with Crippen molar-refractivity contribution in [3.8, 4) is 0 Å². The van der Waals surface area contributed by atoms with E-state index in [-0.39, 0.29) is 5.82 Å². The van der Waals surface area contributed by atoms with Crippen molar-refractivity contribution in [1.82, 2.24) is 0 Å². The fraction of sp³-hybridized carbons (Fsp3) is 0.467. The first-order chi connectivity index (χ1) is 9.26. The molecule has 19 heavy (non-hydrogen) atoms. The maximum Gasteiger partial charge on any atom is 0.125 e. The zero-order valence-electron chi connectivity index (χ0n) is 11.2. The van der Waals surface area contributed by atoms with Crippen molar-refractivity contribution in [3.63, 3.8) is 0 Å². The van der Waals surface area contributed by atoms with Gasteiger partial charge in [-0.15, -0.1) is 0 Å². The highest BCUT2D eigenvalue weighted by Crippen LogP contribution is 2.46. The SMILES string of the molecule is CCCC/C=C1\Sc2ccc(F)cc2N1CCCS. The number of anilines is 1.